The molecule has 30 heavy (non-hydrogen) atoms. The average Bonchev–Trinajstić information content (AvgIpc) is 2.76. The molecule has 0 atom stereocenters. The third kappa shape index (κ3) is 3.41. The molecule has 4 rings (SSSR count). The molecule has 2 heterocycles. The number of aryl methyl sites for hydroxylation is 1. The largest absolute Gasteiger partial charge is 0.277 e. The first kappa shape index (κ1) is 19.3. The lowest BCUT2D eigenvalue weighted by Crippen LogP contribution is -2.38. The number of nitrogens with one attached hydrogen (secondary N) is 2. The number of aromatic nitrogens is 4. The van der Waals surface area contributed by atoms with Gasteiger partial charge in [0.15, 0.2) is 0 Å². The second-order valence-corrected chi connectivity index (χ2v) is 6.77. The predicted molar refractivity (Wildman–Crippen MR) is 114 cm³/mol. The van der Waals surface area contributed by atoms with E-state index in [4.69, 9.17) is 0 Å². The van der Waals surface area contributed by atoms with E-state index in [1.54, 1.807) is 43.3 Å². The maximum absolute atomic E-state index is 12.6. The minimum atomic E-state index is -0.496. The third-order valence-corrected chi connectivity index (χ3v) is 4.84. The molecule has 0 aliphatic heterocycles. The molecule has 0 bridgehead atoms. The number of amides is 1. The van der Waals surface area contributed by atoms with E-state index in [0.717, 1.165) is 10.1 Å². The van der Waals surface area contributed by atoms with Gasteiger partial charge in [-0.3, -0.25) is 29.8 Å². The van der Waals surface area contributed by atoms with Crippen molar-refractivity contribution in [2.24, 2.45) is 0 Å². The van der Waals surface area contributed by atoms with E-state index < -0.39 is 5.91 Å². The van der Waals surface area contributed by atoms with Crippen molar-refractivity contribution in [3.8, 4) is 0 Å². The normalized spacial score (nSPS) is 11.0. The number of fused-ring (bicyclic) bond motifs is 2. The Morgan fingerprint density at radius 3 is 2.37 bits per heavy atom. The monoisotopic (exact) mass is 404 g/mol. The fraction of sp³-hybridized carbons (Fsp3) is 0.190. The Kier molecular flexibility index (Phi) is 5.01. The van der Waals surface area contributed by atoms with Gasteiger partial charge in [0.05, 0.1) is 22.0 Å². The van der Waals surface area contributed by atoms with Crippen molar-refractivity contribution in [3.05, 3.63) is 74.9 Å². The van der Waals surface area contributed by atoms with Crippen LogP contribution < -0.4 is 22.0 Å². The highest BCUT2D eigenvalue weighted by Crippen LogP contribution is 2.12. The second kappa shape index (κ2) is 7.78. The Hall–Kier alpha value is -4.01. The van der Waals surface area contributed by atoms with E-state index in [0.29, 0.717) is 28.5 Å². The van der Waals surface area contributed by atoms with Gasteiger partial charge in [-0.25, -0.2) is 9.67 Å². The van der Waals surface area contributed by atoms with Crippen LogP contribution >= 0.6 is 0 Å². The fourth-order valence-corrected chi connectivity index (χ4v) is 3.37. The molecule has 0 spiro atoms. The zero-order valence-corrected chi connectivity index (χ0v) is 16.5. The zero-order chi connectivity index (χ0) is 21.3. The quantitative estimate of drug-likeness (QED) is 0.489. The lowest BCUT2D eigenvalue weighted by atomic mass is 10.1. The molecule has 1 amide bonds. The molecular weight excluding hydrogens is 384 g/mol. The minimum absolute atomic E-state index is 0.206. The minimum Gasteiger partial charge on any atom is -0.277 e. The van der Waals surface area contributed by atoms with Crippen molar-refractivity contribution in [2.45, 2.75) is 26.9 Å². The lowest BCUT2D eigenvalue weighted by molar-refractivity contribution is -0.121. The van der Waals surface area contributed by atoms with Gasteiger partial charge in [0.1, 0.15) is 6.54 Å². The number of anilines is 1. The van der Waals surface area contributed by atoms with Crippen LogP contribution in [0.4, 0.5) is 5.95 Å². The van der Waals surface area contributed by atoms with E-state index in [-0.39, 0.29) is 23.6 Å². The summed E-state index contributed by atoms with van der Waals surface area (Å²) in [6.45, 7) is 3.70. The van der Waals surface area contributed by atoms with Crippen LogP contribution in [0.1, 0.15) is 12.6 Å². The van der Waals surface area contributed by atoms with Crippen LogP contribution in [0.15, 0.2) is 58.1 Å². The van der Waals surface area contributed by atoms with Crippen molar-refractivity contribution in [3.63, 3.8) is 0 Å². The summed E-state index contributed by atoms with van der Waals surface area (Å²) >= 11 is 0. The van der Waals surface area contributed by atoms with Crippen LogP contribution in [0.3, 0.4) is 0 Å². The molecule has 0 radical (unpaired) electrons. The molecule has 0 aliphatic rings. The van der Waals surface area contributed by atoms with Gasteiger partial charge in [0.25, 0.3) is 17.0 Å². The zero-order valence-electron chi connectivity index (χ0n) is 16.5. The van der Waals surface area contributed by atoms with Gasteiger partial charge in [0, 0.05) is 11.9 Å². The summed E-state index contributed by atoms with van der Waals surface area (Å²) in [5.74, 6) is -0.283. The van der Waals surface area contributed by atoms with E-state index >= 15 is 0 Å². The van der Waals surface area contributed by atoms with Crippen LogP contribution in [0, 0.1) is 6.92 Å². The van der Waals surface area contributed by atoms with Crippen LogP contribution in [0.25, 0.3) is 21.7 Å². The highest BCUT2D eigenvalue weighted by Gasteiger charge is 2.13. The second-order valence-electron chi connectivity index (χ2n) is 6.77. The van der Waals surface area contributed by atoms with E-state index in [1.165, 1.54) is 4.57 Å². The molecule has 0 fully saturated rings. The van der Waals surface area contributed by atoms with Crippen molar-refractivity contribution >= 4 is 33.5 Å². The topological polar surface area (TPSA) is 111 Å². The van der Waals surface area contributed by atoms with E-state index in [1.807, 2.05) is 19.1 Å². The maximum Gasteiger partial charge on any atom is 0.275 e. The summed E-state index contributed by atoms with van der Waals surface area (Å²) in [4.78, 5) is 42.1. The van der Waals surface area contributed by atoms with Crippen LogP contribution in [-0.4, -0.2) is 25.2 Å². The Morgan fingerprint density at radius 1 is 0.967 bits per heavy atom. The summed E-state index contributed by atoms with van der Waals surface area (Å²) < 4.78 is 2.54. The smallest absolute Gasteiger partial charge is 0.275 e. The highest BCUT2D eigenvalue weighted by atomic mass is 16.2. The van der Waals surface area contributed by atoms with Gasteiger partial charge in [-0.15, -0.1) is 0 Å². The van der Waals surface area contributed by atoms with Crippen LogP contribution in [0.5, 0.6) is 0 Å². The van der Waals surface area contributed by atoms with Gasteiger partial charge in [0.2, 0.25) is 5.95 Å². The van der Waals surface area contributed by atoms with Crippen molar-refractivity contribution < 1.29 is 4.79 Å². The molecule has 2 N–H and O–H groups in total. The molecular formula is C21H20N6O3. The molecule has 9 heteroatoms. The van der Waals surface area contributed by atoms with Crippen molar-refractivity contribution in [1.29, 1.82) is 0 Å². The molecule has 0 aliphatic carbocycles. The highest BCUT2D eigenvalue weighted by molar-refractivity contribution is 5.84. The van der Waals surface area contributed by atoms with Crippen LogP contribution in [0.2, 0.25) is 0 Å². The lowest BCUT2D eigenvalue weighted by Gasteiger charge is -2.14. The van der Waals surface area contributed by atoms with Crippen molar-refractivity contribution in [1.82, 2.24) is 24.8 Å². The van der Waals surface area contributed by atoms with Gasteiger partial charge in [-0.2, -0.15) is 5.10 Å². The van der Waals surface area contributed by atoms with Gasteiger partial charge in [-0.1, -0.05) is 30.3 Å². The first-order valence-corrected chi connectivity index (χ1v) is 9.50. The summed E-state index contributed by atoms with van der Waals surface area (Å²) in [5, 5.41) is 5.98. The number of hydrogen-bond acceptors (Lipinski definition) is 6. The summed E-state index contributed by atoms with van der Waals surface area (Å²) in [5.41, 5.74) is 5.82. The Labute approximate surface area is 170 Å². The number of carbonyl (C=O) groups is 1. The third-order valence-electron chi connectivity index (χ3n) is 4.84. The Morgan fingerprint density at radius 2 is 1.63 bits per heavy atom. The molecule has 0 saturated heterocycles. The molecule has 2 aromatic carbocycles. The number of nitrogens with zero attached hydrogens (tertiary/aromatic N) is 4. The predicted octanol–water partition coefficient (Wildman–Crippen LogP) is 1.58. The summed E-state index contributed by atoms with van der Waals surface area (Å²) in [6, 6.07) is 14.1. The first-order chi connectivity index (χ1) is 14.5. The summed E-state index contributed by atoms with van der Waals surface area (Å²) in [6.07, 6.45) is 0. The van der Waals surface area contributed by atoms with Crippen LogP contribution in [-0.2, 0) is 17.9 Å². The number of carbonyl (C=O) groups excluding carboxylic acids is 1. The number of hydrazine groups is 1. The molecule has 9 nitrogen and oxygen atoms in total. The molecule has 152 valence electrons. The van der Waals surface area contributed by atoms with Crippen molar-refractivity contribution in [2.75, 3.05) is 5.43 Å². The molecule has 0 saturated carbocycles. The summed E-state index contributed by atoms with van der Waals surface area (Å²) in [7, 11) is 0. The van der Waals surface area contributed by atoms with E-state index in [2.05, 4.69) is 20.9 Å². The number of hydrogen-bond donors (Lipinski definition) is 2. The molecule has 4 aromatic rings. The molecule has 2 aromatic heterocycles. The van der Waals surface area contributed by atoms with Gasteiger partial charge in [-0.05, 0) is 32.0 Å². The molecule has 0 unspecified atom stereocenters. The fourth-order valence-electron chi connectivity index (χ4n) is 3.37. The maximum atomic E-state index is 12.6. The first-order valence-electron chi connectivity index (χ1n) is 9.50. The number of benzene rings is 2. The number of para-hydroxylation sites is 1. The standard InChI is InChI=1S/C21H20N6O3/c1-3-26-19(29)16-10-6-7-11-17(16)22-21(26)24-23-18(28)12-27-20(30)15-9-5-4-8-14(15)13(2)25-27/h4-11H,3,12H2,1-2H3,(H,22,24)(H,23,28). The van der Waals surface area contributed by atoms with Gasteiger partial charge < -0.3 is 0 Å². The Balaban J connectivity index is 1.58. The SMILES string of the molecule is CCn1c(NNC(=O)Cn2nc(C)c3ccccc3c2=O)nc2ccccc2c1=O. The number of rotatable bonds is 5. The van der Waals surface area contributed by atoms with Gasteiger partial charge >= 0.3 is 0 Å². The Bertz CT molecular complexity index is 1390. The average molecular weight is 404 g/mol. The van der Waals surface area contributed by atoms with E-state index in [9.17, 15) is 14.4 Å².